The summed E-state index contributed by atoms with van der Waals surface area (Å²) in [4.78, 5) is 56.8. The third-order valence-corrected chi connectivity index (χ3v) is 22.2. The molecule has 12 nitrogen and oxygen atoms in total. The number of benzene rings is 4. The number of rotatable bonds is 18. The lowest BCUT2D eigenvalue weighted by atomic mass is 9.78. The molecule has 14 heteroatoms. The molecule has 6 aromatic rings. The number of nitrogens with one attached hydrogen (secondary N) is 1. The zero-order valence-corrected chi connectivity index (χ0v) is 53.4. The molecular formula is C72H92N6O6S2. The Balaban J connectivity index is 0.000000180. The molecule has 0 aliphatic heterocycles. The monoisotopic (exact) mass is 1200 g/mol. The van der Waals surface area contributed by atoms with Crippen LogP contribution in [0.15, 0.2) is 97.3 Å². The molecule has 6 aliphatic rings. The SMILES string of the molecule is COc1ccc(C2CCC(CN(C(=O)C3CCC(N)CC3)c3cccc(-c4cnc(C5CC5)s4)c3)CC2)cc1C.COc1ccc(C2CCC(CN(C(=O)C3CCC(NC(=O)C(C)(C)O)CC3)c3cccc(-c4cnc(C5CC5)s4)c3)CC2)cc1C. The van der Waals surface area contributed by atoms with Crippen LogP contribution in [0.5, 0.6) is 11.5 Å². The Hall–Kier alpha value is -5.93. The maximum absolute atomic E-state index is 14.4. The molecule has 0 bridgehead atoms. The summed E-state index contributed by atoms with van der Waals surface area (Å²) >= 11 is 3.60. The highest BCUT2D eigenvalue weighted by molar-refractivity contribution is 7.15. The number of aryl methyl sites for hydroxylation is 2. The van der Waals surface area contributed by atoms with Crippen molar-refractivity contribution < 1.29 is 29.0 Å². The molecular weight excluding hydrogens is 1110 g/mol. The Morgan fingerprint density at radius 3 is 1.35 bits per heavy atom. The van der Waals surface area contributed by atoms with Crippen LogP contribution >= 0.6 is 22.7 Å². The molecule has 458 valence electrons. The summed E-state index contributed by atoms with van der Waals surface area (Å²) in [5, 5.41) is 15.6. The predicted molar refractivity (Wildman–Crippen MR) is 349 cm³/mol. The maximum Gasteiger partial charge on any atom is 0.251 e. The number of anilines is 2. The molecule has 2 heterocycles. The molecule has 0 spiro atoms. The quantitative estimate of drug-likeness (QED) is 0.0761. The number of amides is 3. The van der Waals surface area contributed by atoms with Crippen molar-refractivity contribution in [3.05, 3.63) is 130 Å². The van der Waals surface area contributed by atoms with Crippen LogP contribution in [-0.2, 0) is 14.4 Å². The summed E-state index contributed by atoms with van der Waals surface area (Å²) in [6.07, 6.45) is 24.7. The van der Waals surface area contributed by atoms with Gasteiger partial charge >= 0.3 is 0 Å². The van der Waals surface area contributed by atoms with E-state index >= 15 is 0 Å². The van der Waals surface area contributed by atoms with Crippen molar-refractivity contribution in [3.63, 3.8) is 0 Å². The summed E-state index contributed by atoms with van der Waals surface area (Å²) in [6, 6.07) is 30.6. The lowest BCUT2D eigenvalue weighted by Gasteiger charge is -2.36. The average molecular weight is 1200 g/mol. The van der Waals surface area contributed by atoms with E-state index in [0.29, 0.717) is 41.4 Å². The van der Waals surface area contributed by atoms with Crippen molar-refractivity contribution in [2.45, 2.75) is 197 Å². The van der Waals surface area contributed by atoms with Crippen LogP contribution in [0.1, 0.15) is 198 Å². The van der Waals surface area contributed by atoms with E-state index in [2.05, 4.69) is 114 Å². The first-order valence-electron chi connectivity index (χ1n) is 32.4. The standard InChI is InChI=1S/C38H49N3O4S.C34H43N3O2S/c1-24-20-29(16-19-33(24)45-4)26-10-8-25(9-11-26)23-41(36(42)28-14-17-31(18-15-28)40-37(43)38(2,3)44)32-7-5-6-30(21-32)34-22-39-35(46-34)27-12-13-27;1-22-18-27(14-17-31(22)39-2)24-8-6-23(7-9-24)21-37(34(38)26-12-15-29(35)16-13-26)30-5-3-4-28(19-30)32-20-36-33(40-32)25-10-11-25/h5-7,16,19-22,25-28,31,44H,8-15,17-18,23H2,1-4H3,(H,40,43);3-5,14,17-20,23-26,29H,6-13,15-16,21,35H2,1-2H3. The smallest absolute Gasteiger partial charge is 0.251 e. The molecule has 12 rings (SSSR count). The molecule has 0 atom stereocenters. The summed E-state index contributed by atoms with van der Waals surface area (Å²) in [6.45, 7) is 8.78. The summed E-state index contributed by atoms with van der Waals surface area (Å²) < 4.78 is 11.0. The van der Waals surface area contributed by atoms with Gasteiger partial charge in [0.1, 0.15) is 17.1 Å². The Kier molecular flexibility index (Phi) is 19.8. The number of aromatic nitrogens is 2. The van der Waals surface area contributed by atoms with Crippen molar-refractivity contribution in [2.75, 3.05) is 37.1 Å². The highest BCUT2D eigenvalue weighted by atomic mass is 32.1. The molecule has 4 N–H and O–H groups in total. The van der Waals surface area contributed by atoms with E-state index in [1.54, 1.807) is 25.6 Å². The number of hydrogen-bond acceptors (Lipinski definition) is 11. The number of methoxy groups -OCH3 is 2. The van der Waals surface area contributed by atoms with Gasteiger partial charge in [-0.25, -0.2) is 9.97 Å². The van der Waals surface area contributed by atoms with Gasteiger partial charge in [0.15, 0.2) is 0 Å². The van der Waals surface area contributed by atoms with Crippen molar-refractivity contribution in [2.24, 2.45) is 29.4 Å². The van der Waals surface area contributed by atoms with Crippen LogP contribution in [0.25, 0.3) is 20.9 Å². The minimum Gasteiger partial charge on any atom is -0.496 e. The second-order valence-electron chi connectivity index (χ2n) is 26.8. The van der Waals surface area contributed by atoms with Gasteiger partial charge in [0.05, 0.1) is 34.0 Å². The topological polar surface area (TPSA) is 160 Å². The van der Waals surface area contributed by atoms with E-state index < -0.39 is 5.60 Å². The molecule has 6 aliphatic carbocycles. The second-order valence-corrected chi connectivity index (χ2v) is 28.9. The van der Waals surface area contributed by atoms with Gasteiger partial charge in [0, 0.05) is 72.6 Å². The van der Waals surface area contributed by atoms with Crippen LogP contribution < -0.4 is 30.3 Å². The zero-order valence-electron chi connectivity index (χ0n) is 51.7. The first-order chi connectivity index (χ1) is 41.6. The molecule has 86 heavy (non-hydrogen) atoms. The Labute approximate surface area is 519 Å². The van der Waals surface area contributed by atoms with E-state index in [-0.39, 0.29) is 35.7 Å². The highest BCUT2D eigenvalue weighted by Gasteiger charge is 2.37. The van der Waals surface area contributed by atoms with Crippen molar-refractivity contribution in [1.82, 2.24) is 15.3 Å². The lowest BCUT2D eigenvalue weighted by molar-refractivity contribution is -0.137. The predicted octanol–water partition coefficient (Wildman–Crippen LogP) is 15.6. The van der Waals surface area contributed by atoms with Gasteiger partial charge in [-0.15, -0.1) is 22.7 Å². The van der Waals surface area contributed by atoms with E-state index in [0.717, 1.165) is 136 Å². The minimum absolute atomic E-state index is 0.0105. The average Bonchev–Trinajstić information content (AvgIpc) is 4.29. The van der Waals surface area contributed by atoms with Gasteiger partial charge in [-0.1, -0.05) is 48.5 Å². The third-order valence-electron chi connectivity index (χ3n) is 19.8. The van der Waals surface area contributed by atoms with Crippen LogP contribution in [-0.4, -0.2) is 77.8 Å². The fraction of sp³-hybridized carbons (Fsp3) is 0.542. The molecule has 3 amide bonds. The molecule has 6 fully saturated rings. The van der Waals surface area contributed by atoms with E-state index in [9.17, 15) is 19.5 Å². The van der Waals surface area contributed by atoms with E-state index in [1.165, 1.54) is 95.1 Å². The fourth-order valence-electron chi connectivity index (χ4n) is 14.0. The number of hydrogen-bond donors (Lipinski definition) is 3. The van der Waals surface area contributed by atoms with Crippen LogP contribution in [0, 0.1) is 37.5 Å². The molecule has 0 unspecified atom stereocenters. The van der Waals surface area contributed by atoms with Gasteiger partial charge in [-0.2, -0.15) is 0 Å². The first kappa shape index (κ1) is 61.7. The summed E-state index contributed by atoms with van der Waals surface area (Å²) in [5.74, 6) is 5.38. The molecule has 0 radical (unpaired) electrons. The van der Waals surface area contributed by atoms with Gasteiger partial charge in [-0.05, 0) is 250 Å². The highest BCUT2D eigenvalue weighted by Crippen LogP contribution is 2.46. The van der Waals surface area contributed by atoms with Crippen molar-refractivity contribution >= 4 is 51.8 Å². The number of carbonyl (C=O) groups is 3. The Morgan fingerprint density at radius 1 is 0.558 bits per heavy atom. The molecule has 6 saturated carbocycles. The zero-order chi connectivity index (χ0) is 60.1. The summed E-state index contributed by atoms with van der Waals surface area (Å²) in [7, 11) is 3.46. The van der Waals surface area contributed by atoms with Gasteiger partial charge in [-0.3, -0.25) is 14.4 Å². The molecule has 4 aromatic carbocycles. The van der Waals surface area contributed by atoms with Gasteiger partial charge in [0.2, 0.25) is 11.8 Å². The van der Waals surface area contributed by atoms with Gasteiger partial charge < -0.3 is 35.4 Å². The Bertz CT molecular complexity index is 3270. The number of nitrogens with two attached hydrogens (primary N) is 1. The molecule has 2 aromatic heterocycles. The van der Waals surface area contributed by atoms with Crippen LogP contribution in [0.2, 0.25) is 0 Å². The largest absolute Gasteiger partial charge is 0.496 e. The van der Waals surface area contributed by atoms with Gasteiger partial charge in [0.25, 0.3) is 5.91 Å². The Morgan fingerprint density at radius 2 is 0.965 bits per heavy atom. The minimum atomic E-state index is -1.41. The number of thiazole rings is 2. The number of ether oxygens (including phenoxy) is 2. The van der Waals surface area contributed by atoms with Crippen LogP contribution in [0.3, 0.4) is 0 Å². The number of nitrogens with zero attached hydrogens (tertiary/aromatic N) is 4. The maximum atomic E-state index is 14.4. The fourth-order valence-corrected chi connectivity index (χ4v) is 16.2. The molecule has 0 saturated heterocycles. The third kappa shape index (κ3) is 15.3. The van der Waals surface area contributed by atoms with Crippen LogP contribution in [0.4, 0.5) is 11.4 Å². The second kappa shape index (κ2) is 27.6. The number of carbonyl (C=O) groups excluding carboxylic acids is 3. The summed E-state index contributed by atoms with van der Waals surface area (Å²) in [5.41, 5.74) is 14.3. The normalized spacial score (nSPS) is 24.2. The number of aliphatic hydroxyl groups is 1. The first-order valence-corrected chi connectivity index (χ1v) is 34.0. The van der Waals surface area contributed by atoms with Crippen molar-refractivity contribution in [3.8, 4) is 32.4 Å². The lowest BCUT2D eigenvalue weighted by Crippen LogP contribution is -2.49. The van der Waals surface area contributed by atoms with E-state index in [1.807, 2.05) is 23.7 Å². The van der Waals surface area contributed by atoms with E-state index in [4.69, 9.17) is 25.2 Å². The van der Waals surface area contributed by atoms with Crippen molar-refractivity contribution in [1.29, 1.82) is 0 Å².